The van der Waals surface area contributed by atoms with Crippen molar-refractivity contribution in [3.05, 3.63) is 65.2 Å². The standard InChI is InChI=1S/C18H15F2NO4/c1-10(22)12-5-3-6-13(9-12)21-17(23)11(2)25-18(24)16-14(19)7-4-8-15(16)20/h3-9,11H,1-2H3,(H,21,23). The fraction of sp³-hybridized carbons (Fsp3) is 0.167. The maximum Gasteiger partial charge on any atom is 0.344 e. The van der Waals surface area contributed by atoms with E-state index in [0.717, 1.165) is 18.2 Å². The van der Waals surface area contributed by atoms with E-state index in [-0.39, 0.29) is 5.78 Å². The van der Waals surface area contributed by atoms with Gasteiger partial charge in [-0.25, -0.2) is 13.6 Å². The largest absolute Gasteiger partial charge is 0.449 e. The molecule has 0 heterocycles. The Bertz CT molecular complexity index is 815. The summed E-state index contributed by atoms with van der Waals surface area (Å²) in [6.45, 7) is 2.65. The van der Waals surface area contributed by atoms with Crippen molar-refractivity contribution in [3.63, 3.8) is 0 Å². The first-order valence-electron chi connectivity index (χ1n) is 7.36. The topological polar surface area (TPSA) is 72.5 Å². The average Bonchev–Trinajstić information content (AvgIpc) is 2.54. The van der Waals surface area contributed by atoms with Gasteiger partial charge in [-0.15, -0.1) is 0 Å². The van der Waals surface area contributed by atoms with Crippen LogP contribution in [0.2, 0.25) is 0 Å². The third-order valence-electron chi connectivity index (χ3n) is 3.36. The molecule has 1 atom stereocenters. The third kappa shape index (κ3) is 4.47. The lowest BCUT2D eigenvalue weighted by molar-refractivity contribution is -0.123. The summed E-state index contributed by atoms with van der Waals surface area (Å²) in [6.07, 6.45) is -1.30. The van der Waals surface area contributed by atoms with Crippen LogP contribution in [0.15, 0.2) is 42.5 Å². The van der Waals surface area contributed by atoms with Crippen LogP contribution >= 0.6 is 0 Å². The molecule has 0 saturated carbocycles. The monoisotopic (exact) mass is 347 g/mol. The smallest absolute Gasteiger partial charge is 0.344 e. The number of ketones is 1. The van der Waals surface area contributed by atoms with Gasteiger partial charge in [0.15, 0.2) is 11.9 Å². The molecule has 0 aliphatic carbocycles. The number of carbonyl (C=O) groups excluding carboxylic acids is 3. The first-order valence-corrected chi connectivity index (χ1v) is 7.36. The van der Waals surface area contributed by atoms with Gasteiger partial charge in [0.1, 0.15) is 17.2 Å². The Morgan fingerprint density at radius 2 is 1.64 bits per heavy atom. The molecule has 1 N–H and O–H groups in total. The molecular formula is C18H15F2NO4. The van der Waals surface area contributed by atoms with Crippen LogP contribution in [-0.4, -0.2) is 23.8 Å². The fourth-order valence-corrected chi connectivity index (χ4v) is 2.03. The molecule has 7 heteroatoms. The van der Waals surface area contributed by atoms with E-state index in [9.17, 15) is 23.2 Å². The Hall–Kier alpha value is -3.09. The summed E-state index contributed by atoms with van der Waals surface area (Å²) in [5.74, 6) is -4.31. The van der Waals surface area contributed by atoms with Crippen molar-refractivity contribution in [1.29, 1.82) is 0 Å². The lowest BCUT2D eigenvalue weighted by Crippen LogP contribution is -2.30. The summed E-state index contributed by atoms with van der Waals surface area (Å²) in [5.41, 5.74) is -0.130. The molecule has 0 spiro atoms. The first kappa shape index (κ1) is 18.3. The van der Waals surface area contributed by atoms with Crippen LogP contribution in [0.1, 0.15) is 34.6 Å². The lowest BCUT2D eigenvalue weighted by Gasteiger charge is -2.14. The molecule has 130 valence electrons. The molecule has 2 aromatic rings. The molecule has 0 aliphatic rings. The zero-order chi connectivity index (χ0) is 18.6. The Morgan fingerprint density at radius 3 is 2.24 bits per heavy atom. The second kappa shape index (κ2) is 7.65. The predicted molar refractivity (Wildman–Crippen MR) is 86.3 cm³/mol. The van der Waals surface area contributed by atoms with E-state index >= 15 is 0 Å². The minimum atomic E-state index is -1.30. The van der Waals surface area contributed by atoms with Gasteiger partial charge in [0.2, 0.25) is 0 Å². The SMILES string of the molecule is CC(=O)c1cccc(NC(=O)C(C)OC(=O)c2c(F)cccc2F)c1. The molecule has 1 amide bonds. The van der Waals surface area contributed by atoms with E-state index in [1.165, 1.54) is 19.9 Å². The number of anilines is 1. The second-order valence-corrected chi connectivity index (χ2v) is 5.27. The van der Waals surface area contributed by atoms with Crippen LogP contribution in [0.4, 0.5) is 14.5 Å². The van der Waals surface area contributed by atoms with Gasteiger partial charge in [-0.3, -0.25) is 9.59 Å². The number of hydrogen-bond donors (Lipinski definition) is 1. The number of carbonyl (C=O) groups is 3. The summed E-state index contributed by atoms with van der Waals surface area (Å²) >= 11 is 0. The van der Waals surface area contributed by atoms with Crippen molar-refractivity contribution in [1.82, 2.24) is 0 Å². The number of amides is 1. The van der Waals surface area contributed by atoms with E-state index in [1.54, 1.807) is 18.2 Å². The summed E-state index contributed by atoms with van der Waals surface area (Å²) in [7, 11) is 0. The van der Waals surface area contributed by atoms with Crippen molar-refractivity contribution < 1.29 is 27.9 Å². The van der Waals surface area contributed by atoms with Gasteiger partial charge in [0, 0.05) is 11.3 Å². The number of hydrogen-bond acceptors (Lipinski definition) is 4. The van der Waals surface area contributed by atoms with E-state index in [1.807, 2.05) is 0 Å². The van der Waals surface area contributed by atoms with Crippen LogP contribution in [0.3, 0.4) is 0 Å². The van der Waals surface area contributed by atoms with E-state index in [4.69, 9.17) is 4.74 Å². The number of rotatable bonds is 5. The molecule has 1 unspecified atom stereocenters. The van der Waals surface area contributed by atoms with Crippen molar-refractivity contribution in [2.75, 3.05) is 5.32 Å². The van der Waals surface area contributed by atoms with Crippen LogP contribution < -0.4 is 5.32 Å². The summed E-state index contributed by atoms with van der Waals surface area (Å²) in [4.78, 5) is 35.3. The molecule has 0 fully saturated rings. The highest BCUT2D eigenvalue weighted by Gasteiger charge is 2.24. The highest BCUT2D eigenvalue weighted by atomic mass is 19.1. The second-order valence-electron chi connectivity index (χ2n) is 5.27. The van der Waals surface area contributed by atoms with Crippen LogP contribution in [0, 0.1) is 11.6 Å². The average molecular weight is 347 g/mol. The third-order valence-corrected chi connectivity index (χ3v) is 3.36. The minimum Gasteiger partial charge on any atom is -0.449 e. The summed E-state index contributed by atoms with van der Waals surface area (Å²) < 4.78 is 31.9. The molecule has 25 heavy (non-hydrogen) atoms. The van der Waals surface area contributed by atoms with Crippen molar-refractivity contribution in [2.45, 2.75) is 20.0 Å². The number of benzene rings is 2. The van der Waals surface area contributed by atoms with Crippen LogP contribution in [0.25, 0.3) is 0 Å². The Morgan fingerprint density at radius 1 is 1.04 bits per heavy atom. The van der Waals surface area contributed by atoms with Gasteiger partial charge in [-0.05, 0) is 38.1 Å². The molecule has 2 aromatic carbocycles. The van der Waals surface area contributed by atoms with Gasteiger partial charge in [0.05, 0.1) is 0 Å². The van der Waals surface area contributed by atoms with Crippen molar-refractivity contribution >= 4 is 23.3 Å². The van der Waals surface area contributed by atoms with Crippen molar-refractivity contribution in [3.8, 4) is 0 Å². The fourth-order valence-electron chi connectivity index (χ4n) is 2.03. The van der Waals surface area contributed by atoms with E-state index in [0.29, 0.717) is 11.3 Å². The molecule has 5 nitrogen and oxygen atoms in total. The van der Waals surface area contributed by atoms with Gasteiger partial charge in [-0.2, -0.15) is 0 Å². The quantitative estimate of drug-likeness (QED) is 0.665. The molecule has 2 rings (SSSR count). The maximum atomic E-state index is 13.5. The molecule has 0 radical (unpaired) electrons. The number of nitrogens with one attached hydrogen (secondary N) is 1. The van der Waals surface area contributed by atoms with Gasteiger partial charge in [-0.1, -0.05) is 18.2 Å². The predicted octanol–water partition coefficient (Wildman–Crippen LogP) is 3.35. The van der Waals surface area contributed by atoms with E-state index in [2.05, 4.69) is 5.32 Å². The van der Waals surface area contributed by atoms with Gasteiger partial charge >= 0.3 is 5.97 Å². The maximum absolute atomic E-state index is 13.5. The molecule has 0 aromatic heterocycles. The first-order chi connectivity index (χ1) is 11.8. The Labute approximate surface area is 142 Å². The normalized spacial score (nSPS) is 11.5. The van der Waals surface area contributed by atoms with Gasteiger partial charge < -0.3 is 10.1 Å². The Balaban J connectivity index is 2.06. The number of esters is 1. The molecule has 0 bridgehead atoms. The molecular weight excluding hydrogens is 332 g/mol. The zero-order valence-electron chi connectivity index (χ0n) is 13.5. The number of halogens is 2. The zero-order valence-corrected chi connectivity index (χ0v) is 13.5. The Kier molecular flexibility index (Phi) is 5.59. The number of Topliss-reactive ketones (excluding diaryl/α,β-unsaturated/α-hetero) is 1. The summed E-state index contributed by atoms with van der Waals surface area (Å²) in [6, 6.07) is 9.12. The highest BCUT2D eigenvalue weighted by Crippen LogP contribution is 2.16. The minimum absolute atomic E-state index is 0.175. The van der Waals surface area contributed by atoms with E-state index < -0.39 is 35.2 Å². The lowest BCUT2D eigenvalue weighted by atomic mass is 10.1. The van der Waals surface area contributed by atoms with Crippen LogP contribution in [-0.2, 0) is 9.53 Å². The molecule has 0 aliphatic heterocycles. The van der Waals surface area contributed by atoms with Gasteiger partial charge in [0.25, 0.3) is 5.91 Å². The van der Waals surface area contributed by atoms with Crippen LogP contribution in [0.5, 0.6) is 0 Å². The molecule has 0 saturated heterocycles. The summed E-state index contributed by atoms with van der Waals surface area (Å²) in [5, 5.41) is 2.47. The highest BCUT2D eigenvalue weighted by molar-refractivity contribution is 5.99. The number of ether oxygens (including phenoxy) is 1. The van der Waals surface area contributed by atoms with Crippen molar-refractivity contribution in [2.24, 2.45) is 0 Å².